The van der Waals surface area contributed by atoms with Crippen LogP contribution < -0.4 is 9.47 Å². The van der Waals surface area contributed by atoms with Crippen LogP contribution in [0.5, 0.6) is 11.5 Å². The van der Waals surface area contributed by atoms with Crippen LogP contribution in [0.1, 0.15) is 43.4 Å². The van der Waals surface area contributed by atoms with Crippen LogP contribution >= 0.6 is 0 Å². The Hall–Kier alpha value is -2.29. The highest BCUT2D eigenvalue weighted by Crippen LogP contribution is 2.47. The largest absolute Gasteiger partial charge is 0.497 e. The van der Waals surface area contributed by atoms with Crippen LogP contribution in [-0.4, -0.2) is 20.0 Å². The molecular weight excluding hydrogens is 300 g/mol. The van der Waals surface area contributed by atoms with E-state index in [-0.39, 0.29) is 11.7 Å². The average molecular weight is 326 g/mol. The third-order valence-corrected chi connectivity index (χ3v) is 4.83. The summed E-state index contributed by atoms with van der Waals surface area (Å²) in [5.41, 5.74) is 2.62. The van der Waals surface area contributed by atoms with Crippen LogP contribution in [0.4, 0.5) is 0 Å². The zero-order valence-corrected chi connectivity index (χ0v) is 15.3. The Morgan fingerprint density at radius 1 is 1.04 bits per heavy atom. The molecule has 24 heavy (non-hydrogen) atoms. The first kappa shape index (κ1) is 18.1. The van der Waals surface area contributed by atoms with E-state index in [4.69, 9.17) is 9.47 Å². The zero-order chi connectivity index (χ0) is 17.9. The van der Waals surface area contributed by atoms with E-state index < -0.39 is 5.41 Å². The predicted molar refractivity (Wildman–Crippen MR) is 97.0 cm³/mol. The van der Waals surface area contributed by atoms with Gasteiger partial charge in [-0.1, -0.05) is 44.2 Å². The van der Waals surface area contributed by atoms with Crippen molar-refractivity contribution in [1.29, 1.82) is 0 Å². The lowest BCUT2D eigenvalue weighted by molar-refractivity contribution is -0.125. The molecule has 1 atom stereocenters. The molecule has 0 bridgehead atoms. The van der Waals surface area contributed by atoms with Gasteiger partial charge in [0.15, 0.2) is 0 Å². The second-order valence-electron chi connectivity index (χ2n) is 6.68. The summed E-state index contributed by atoms with van der Waals surface area (Å²) in [5.74, 6) is 1.54. The van der Waals surface area contributed by atoms with E-state index in [1.807, 2.05) is 51.1 Å². The summed E-state index contributed by atoms with van der Waals surface area (Å²) in [6.45, 7) is 7.68. The minimum Gasteiger partial charge on any atom is -0.497 e. The normalized spacial score (nSPS) is 12.6. The van der Waals surface area contributed by atoms with E-state index in [1.165, 1.54) is 0 Å². The summed E-state index contributed by atoms with van der Waals surface area (Å²) in [4.78, 5) is 12.4. The van der Waals surface area contributed by atoms with E-state index in [0.717, 1.165) is 28.2 Å². The quantitative estimate of drug-likeness (QED) is 0.768. The van der Waals surface area contributed by atoms with E-state index in [0.29, 0.717) is 0 Å². The third kappa shape index (κ3) is 3.30. The molecule has 3 nitrogen and oxygen atoms in total. The molecule has 2 rings (SSSR count). The van der Waals surface area contributed by atoms with Gasteiger partial charge in [0.2, 0.25) is 0 Å². The number of ether oxygens (including phenoxy) is 2. The van der Waals surface area contributed by atoms with Crippen molar-refractivity contribution in [2.75, 3.05) is 14.2 Å². The molecule has 0 fully saturated rings. The number of carbonyl (C=O) groups excluding carboxylic acids is 1. The van der Waals surface area contributed by atoms with Crippen molar-refractivity contribution in [3.8, 4) is 11.5 Å². The molecule has 1 unspecified atom stereocenters. The summed E-state index contributed by atoms with van der Waals surface area (Å²) in [6, 6.07) is 14.0. The molecule has 0 aliphatic carbocycles. The van der Waals surface area contributed by atoms with Gasteiger partial charge in [-0.05, 0) is 31.0 Å². The maximum absolute atomic E-state index is 12.4. The van der Waals surface area contributed by atoms with Crippen molar-refractivity contribution in [2.24, 2.45) is 5.41 Å². The number of carbonyl (C=O) groups is 1. The molecule has 3 heteroatoms. The lowest BCUT2D eigenvalue weighted by Crippen LogP contribution is -2.31. The molecule has 2 aromatic carbocycles. The van der Waals surface area contributed by atoms with Crippen molar-refractivity contribution >= 4 is 5.78 Å². The second kappa shape index (κ2) is 7.08. The number of ketones is 1. The monoisotopic (exact) mass is 326 g/mol. The molecule has 0 aliphatic rings. The van der Waals surface area contributed by atoms with Gasteiger partial charge in [-0.3, -0.25) is 4.79 Å². The number of Topliss-reactive ketones (excluding diaryl/α,β-unsaturated/α-hetero) is 1. The highest BCUT2D eigenvalue weighted by molar-refractivity contribution is 5.84. The highest BCUT2D eigenvalue weighted by atomic mass is 16.5. The molecule has 0 saturated carbocycles. The van der Waals surface area contributed by atoms with Crippen molar-refractivity contribution in [2.45, 2.75) is 33.6 Å². The maximum atomic E-state index is 12.4. The number of hydrogen-bond donors (Lipinski definition) is 0. The number of hydrogen-bond acceptors (Lipinski definition) is 3. The molecule has 0 N–H and O–H groups in total. The fraction of sp³-hybridized carbons (Fsp3) is 0.381. The van der Waals surface area contributed by atoms with Crippen molar-refractivity contribution in [3.05, 3.63) is 59.2 Å². The van der Waals surface area contributed by atoms with Crippen molar-refractivity contribution in [1.82, 2.24) is 0 Å². The summed E-state index contributed by atoms with van der Waals surface area (Å²) >= 11 is 0. The molecule has 0 saturated heterocycles. The molecule has 0 aromatic heterocycles. The van der Waals surface area contributed by atoms with Crippen LogP contribution in [0.15, 0.2) is 42.5 Å². The number of rotatable bonds is 6. The van der Waals surface area contributed by atoms with Crippen LogP contribution in [0.25, 0.3) is 0 Å². The lowest BCUT2D eigenvalue weighted by atomic mass is 9.68. The Kier molecular flexibility index (Phi) is 5.33. The summed E-state index contributed by atoms with van der Waals surface area (Å²) < 4.78 is 11.0. The lowest BCUT2D eigenvalue weighted by Gasteiger charge is -2.35. The van der Waals surface area contributed by atoms with Gasteiger partial charge in [-0.2, -0.15) is 0 Å². The Morgan fingerprint density at radius 3 is 2.17 bits per heavy atom. The van der Waals surface area contributed by atoms with Gasteiger partial charge < -0.3 is 9.47 Å². The average Bonchev–Trinajstić information content (AvgIpc) is 2.56. The molecule has 2 aromatic rings. The highest BCUT2D eigenvalue weighted by Gasteiger charge is 2.38. The fourth-order valence-electron chi connectivity index (χ4n) is 3.18. The molecule has 128 valence electrons. The van der Waals surface area contributed by atoms with Gasteiger partial charge in [-0.25, -0.2) is 0 Å². The van der Waals surface area contributed by atoms with Gasteiger partial charge in [0.05, 0.1) is 14.2 Å². The SMILES string of the molecule is COc1cc(C)c(C(c2ccccc2)C(C)(C)C(C)=O)c(OC)c1. The van der Waals surface area contributed by atoms with Crippen LogP contribution in [0.3, 0.4) is 0 Å². The van der Waals surface area contributed by atoms with Crippen LogP contribution in [-0.2, 0) is 4.79 Å². The Balaban J connectivity index is 2.76. The molecule has 0 amide bonds. The Morgan fingerprint density at radius 2 is 1.67 bits per heavy atom. The van der Waals surface area contributed by atoms with E-state index in [1.54, 1.807) is 21.1 Å². The summed E-state index contributed by atoms with van der Waals surface area (Å²) in [7, 11) is 3.29. The first-order valence-corrected chi connectivity index (χ1v) is 8.11. The van der Waals surface area contributed by atoms with Gasteiger partial charge in [-0.15, -0.1) is 0 Å². The number of benzene rings is 2. The van der Waals surface area contributed by atoms with Gasteiger partial charge in [0.1, 0.15) is 17.3 Å². The maximum Gasteiger partial charge on any atom is 0.136 e. The van der Waals surface area contributed by atoms with E-state index in [2.05, 4.69) is 12.1 Å². The third-order valence-electron chi connectivity index (χ3n) is 4.83. The number of aryl methyl sites for hydroxylation is 1. The van der Waals surface area contributed by atoms with Gasteiger partial charge in [0.25, 0.3) is 0 Å². The predicted octanol–water partition coefficient (Wildman–Crippen LogP) is 4.76. The van der Waals surface area contributed by atoms with Crippen molar-refractivity contribution in [3.63, 3.8) is 0 Å². The Labute approximate surface area is 144 Å². The minimum absolute atomic E-state index is 0.0999. The molecular formula is C21H26O3. The van der Waals surface area contributed by atoms with E-state index in [9.17, 15) is 4.79 Å². The van der Waals surface area contributed by atoms with Gasteiger partial charge >= 0.3 is 0 Å². The molecule has 0 radical (unpaired) electrons. The smallest absolute Gasteiger partial charge is 0.136 e. The zero-order valence-electron chi connectivity index (χ0n) is 15.3. The number of methoxy groups -OCH3 is 2. The van der Waals surface area contributed by atoms with Crippen molar-refractivity contribution < 1.29 is 14.3 Å². The summed E-state index contributed by atoms with van der Waals surface area (Å²) in [5, 5.41) is 0. The molecule has 0 spiro atoms. The molecule has 0 heterocycles. The first-order chi connectivity index (χ1) is 11.3. The van der Waals surface area contributed by atoms with E-state index >= 15 is 0 Å². The van der Waals surface area contributed by atoms with Gasteiger partial charge in [0, 0.05) is 23.0 Å². The fourth-order valence-corrected chi connectivity index (χ4v) is 3.18. The second-order valence-corrected chi connectivity index (χ2v) is 6.68. The first-order valence-electron chi connectivity index (χ1n) is 8.11. The van der Waals surface area contributed by atoms with Crippen LogP contribution in [0.2, 0.25) is 0 Å². The van der Waals surface area contributed by atoms with Crippen LogP contribution in [0, 0.1) is 12.3 Å². The summed E-state index contributed by atoms with van der Waals surface area (Å²) in [6.07, 6.45) is 0. The minimum atomic E-state index is -0.562. The molecule has 0 aliphatic heterocycles. The standard InChI is InChI=1S/C21H26O3/c1-14-12-17(23-5)13-18(24-6)19(14)20(21(3,4)15(2)22)16-10-8-7-9-11-16/h7-13,20H,1-6H3. The topological polar surface area (TPSA) is 35.5 Å². The Bertz CT molecular complexity index is 717.